The summed E-state index contributed by atoms with van der Waals surface area (Å²) >= 11 is 0. The van der Waals surface area contributed by atoms with Crippen molar-refractivity contribution >= 4 is 5.69 Å². The fraction of sp³-hybridized carbons (Fsp3) is 0.400. The molecule has 0 radical (unpaired) electrons. The molecule has 2 rings (SSSR count). The molecule has 1 aromatic carbocycles. The summed E-state index contributed by atoms with van der Waals surface area (Å²) in [6.45, 7) is 3.04. The smallest absolute Gasteiger partial charge is 0.161 e. The van der Waals surface area contributed by atoms with Gasteiger partial charge in [-0.2, -0.15) is 5.10 Å². The van der Waals surface area contributed by atoms with E-state index in [4.69, 9.17) is 15.2 Å². The number of nitrogens with zero attached hydrogens (tertiary/aromatic N) is 2. The van der Waals surface area contributed by atoms with Crippen LogP contribution in [0.15, 0.2) is 24.4 Å². The Bertz CT molecular complexity index is 578. The first-order chi connectivity index (χ1) is 9.69. The van der Waals surface area contributed by atoms with Gasteiger partial charge in [0.15, 0.2) is 11.5 Å². The van der Waals surface area contributed by atoms with Crippen LogP contribution in [0.4, 0.5) is 5.69 Å². The lowest BCUT2D eigenvalue weighted by atomic mass is 10.1. The molecule has 0 aliphatic heterocycles. The van der Waals surface area contributed by atoms with Crippen LogP contribution in [0.1, 0.15) is 19.8 Å². The first-order valence-electron chi connectivity index (χ1n) is 6.75. The number of benzene rings is 1. The van der Waals surface area contributed by atoms with Gasteiger partial charge in [-0.25, -0.2) is 0 Å². The lowest BCUT2D eigenvalue weighted by Gasteiger charge is -2.08. The predicted octanol–water partition coefficient (Wildman–Crippen LogP) is 2.95. The zero-order valence-corrected chi connectivity index (χ0v) is 12.2. The van der Waals surface area contributed by atoms with Gasteiger partial charge in [-0.15, -0.1) is 0 Å². The van der Waals surface area contributed by atoms with E-state index in [1.165, 1.54) is 0 Å². The van der Waals surface area contributed by atoms with E-state index in [0.717, 1.165) is 30.6 Å². The van der Waals surface area contributed by atoms with Crippen molar-refractivity contribution in [3.63, 3.8) is 0 Å². The molecule has 5 heteroatoms. The second-order valence-electron chi connectivity index (χ2n) is 4.62. The number of methoxy groups -OCH3 is 2. The van der Waals surface area contributed by atoms with Crippen LogP contribution >= 0.6 is 0 Å². The minimum atomic E-state index is 0.674. The number of aryl methyl sites for hydroxylation is 1. The van der Waals surface area contributed by atoms with Crippen molar-refractivity contribution in [3.8, 4) is 22.8 Å². The second-order valence-corrected chi connectivity index (χ2v) is 4.62. The van der Waals surface area contributed by atoms with Gasteiger partial charge in [-0.1, -0.05) is 13.3 Å². The normalized spacial score (nSPS) is 10.6. The molecule has 2 aromatic rings. The quantitative estimate of drug-likeness (QED) is 0.880. The van der Waals surface area contributed by atoms with Crippen molar-refractivity contribution in [1.82, 2.24) is 9.78 Å². The molecule has 1 heterocycles. The summed E-state index contributed by atoms with van der Waals surface area (Å²) in [7, 11) is 3.23. The van der Waals surface area contributed by atoms with Crippen LogP contribution in [-0.4, -0.2) is 24.0 Å². The first-order valence-corrected chi connectivity index (χ1v) is 6.75. The molecular weight excluding hydrogens is 254 g/mol. The molecule has 0 saturated carbocycles. The molecule has 20 heavy (non-hydrogen) atoms. The van der Waals surface area contributed by atoms with Crippen molar-refractivity contribution in [2.45, 2.75) is 26.3 Å². The van der Waals surface area contributed by atoms with Gasteiger partial charge in [0.25, 0.3) is 0 Å². The lowest BCUT2D eigenvalue weighted by molar-refractivity contribution is 0.355. The fourth-order valence-electron chi connectivity index (χ4n) is 2.08. The zero-order chi connectivity index (χ0) is 14.5. The van der Waals surface area contributed by atoms with E-state index >= 15 is 0 Å². The summed E-state index contributed by atoms with van der Waals surface area (Å²) in [4.78, 5) is 0. The molecule has 0 aliphatic carbocycles. The van der Waals surface area contributed by atoms with Crippen molar-refractivity contribution in [3.05, 3.63) is 24.4 Å². The van der Waals surface area contributed by atoms with Gasteiger partial charge in [-0.3, -0.25) is 4.68 Å². The summed E-state index contributed by atoms with van der Waals surface area (Å²) in [5.74, 6) is 1.37. The second kappa shape index (κ2) is 6.32. The minimum absolute atomic E-state index is 0.674. The van der Waals surface area contributed by atoms with Crippen LogP contribution in [0.5, 0.6) is 11.5 Å². The van der Waals surface area contributed by atoms with E-state index in [-0.39, 0.29) is 0 Å². The number of rotatable bonds is 6. The lowest BCUT2D eigenvalue weighted by Crippen LogP contribution is -1.98. The molecule has 0 unspecified atom stereocenters. The number of ether oxygens (including phenoxy) is 2. The molecule has 0 bridgehead atoms. The standard InChI is InChI=1S/C15H21N3O2/c1-4-5-8-18-10-12(16)15(17-18)11-6-7-13(19-2)14(9-11)20-3/h6-7,9-10H,4-5,8,16H2,1-3H3. The van der Waals surface area contributed by atoms with Gasteiger partial charge in [0.05, 0.1) is 19.9 Å². The number of nitrogen functional groups attached to an aromatic ring is 1. The molecule has 0 saturated heterocycles. The third-order valence-corrected chi connectivity index (χ3v) is 3.19. The Morgan fingerprint density at radius 2 is 1.95 bits per heavy atom. The number of anilines is 1. The summed E-state index contributed by atoms with van der Waals surface area (Å²) in [6.07, 6.45) is 4.10. The SMILES string of the molecule is CCCCn1cc(N)c(-c2ccc(OC)c(OC)c2)n1. The number of aromatic nitrogens is 2. The Balaban J connectivity index is 2.33. The van der Waals surface area contributed by atoms with Crippen molar-refractivity contribution < 1.29 is 9.47 Å². The number of hydrogen-bond donors (Lipinski definition) is 1. The van der Waals surface area contributed by atoms with Crippen molar-refractivity contribution in [1.29, 1.82) is 0 Å². The van der Waals surface area contributed by atoms with Crippen molar-refractivity contribution in [2.75, 3.05) is 20.0 Å². The van der Waals surface area contributed by atoms with E-state index < -0.39 is 0 Å². The Morgan fingerprint density at radius 3 is 2.60 bits per heavy atom. The average molecular weight is 275 g/mol. The molecule has 108 valence electrons. The first kappa shape index (κ1) is 14.2. The van der Waals surface area contributed by atoms with E-state index in [1.807, 2.05) is 29.1 Å². The summed E-state index contributed by atoms with van der Waals surface area (Å²) in [5, 5.41) is 4.54. The Labute approximate surface area is 119 Å². The fourth-order valence-corrected chi connectivity index (χ4v) is 2.08. The summed E-state index contributed by atoms with van der Waals surface area (Å²) < 4.78 is 12.4. The van der Waals surface area contributed by atoms with Gasteiger partial charge in [0.1, 0.15) is 5.69 Å². The van der Waals surface area contributed by atoms with E-state index in [0.29, 0.717) is 17.2 Å². The van der Waals surface area contributed by atoms with Crippen LogP contribution in [0.25, 0.3) is 11.3 Å². The molecule has 0 fully saturated rings. The monoisotopic (exact) mass is 275 g/mol. The molecule has 5 nitrogen and oxygen atoms in total. The van der Waals surface area contributed by atoms with Gasteiger partial charge in [-0.05, 0) is 24.6 Å². The topological polar surface area (TPSA) is 62.3 Å². The highest BCUT2D eigenvalue weighted by molar-refractivity contribution is 5.74. The maximum absolute atomic E-state index is 6.05. The Hall–Kier alpha value is -2.17. The highest BCUT2D eigenvalue weighted by atomic mass is 16.5. The third-order valence-electron chi connectivity index (χ3n) is 3.19. The molecule has 0 aliphatic rings. The van der Waals surface area contributed by atoms with Gasteiger partial charge in [0.2, 0.25) is 0 Å². The highest BCUT2D eigenvalue weighted by Gasteiger charge is 2.12. The molecule has 0 atom stereocenters. The van der Waals surface area contributed by atoms with E-state index in [9.17, 15) is 0 Å². The van der Waals surface area contributed by atoms with Crippen LogP contribution in [-0.2, 0) is 6.54 Å². The molecule has 2 N–H and O–H groups in total. The number of unbranched alkanes of at least 4 members (excludes halogenated alkanes) is 1. The van der Waals surface area contributed by atoms with Gasteiger partial charge >= 0.3 is 0 Å². The molecule has 0 amide bonds. The molecular formula is C15H21N3O2. The zero-order valence-electron chi connectivity index (χ0n) is 12.2. The molecule has 1 aromatic heterocycles. The van der Waals surface area contributed by atoms with Crippen LogP contribution in [0.2, 0.25) is 0 Å². The largest absolute Gasteiger partial charge is 0.493 e. The minimum Gasteiger partial charge on any atom is -0.493 e. The Morgan fingerprint density at radius 1 is 1.20 bits per heavy atom. The van der Waals surface area contributed by atoms with E-state index in [1.54, 1.807) is 14.2 Å². The average Bonchev–Trinajstić information content (AvgIpc) is 2.85. The number of hydrogen-bond acceptors (Lipinski definition) is 4. The summed E-state index contributed by atoms with van der Waals surface area (Å²) in [5.41, 5.74) is 8.43. The van der Waals surface area contributed by atoms with Crippen LogP contribution in [0, 0.1) is 0 Å². The van der Waals surface area contributed by atoms with Crippen LogP contribution in [0.3, 0.4) is 0 Å². The van der Waals surface area contributed by atoms with Crippen molar-refractivity contribution in [2.24, 2.45) is 0 Å². The maximum Gasteiger partial charge on any atom is 0.161 e. The predicted molar refractivity (Wildman–Crippen MR) is 80.1 cm³/mol. The van der Waals surface area contributed by atoms with Gasteiger partial charge < -0.3 is 15.2 Å². The van der Waals surface area contributed by atoms with Crippen LogP contribution < -0.4 is 15.2 Å². The molecule has 0 spiro atoms. The maximum atomic E-state index is 6.05. The third kappa shape index (κ3) is 2.87. The Kier molecular flexibility index (Phi) is 4.50. The van der Waals surface area contributed by atoms with Gasteiger partial charge in [0, 0.05) is 18.3 Å². The number of nitrogens with two attached hydrogens (primary N) is 1. The summed E-state index contributed by atoms with van der Waals surface area (Å²) in [6, 6.07) is 5.69. The highest BCUT2D eigenvalue weighted by Crippen LogP contribution is 2.33. The van der Waals surface area contributed by atoms with E-state index in [2.05, 4.69) is 12.0 Å².